The van der Waals surface area contributed by atoms with Gasteiger partial charge in [0.05, 0.1) is 13.2 Å². The molecule has 0 aliphatic carbocycles. The molecule has 0 saturated carbocycles. The lowest BCUT2D eigenvalue weighted by atomic mass is 10.3. The first-order valence-corrected chi connectivity index (χ1v) is 8.02. The molecule has 7 nitrogen and oxygen atoms in total. The van der Waals surface area contributed by atoms with Crippen molar-refractivity contribution in [1.29, 1.82) is 0 Å². The van der Waals surface area contributed by atoms with Gasteiger partial charge >= 0.3 is 16.5 Å². The van der Waals surface area contributed by atoms with E-state index in [-0.39, 0.29) is 13.2 Å². The van der Waals surface area contributed by atoms with Crippen LogP contribution in [0.2, 0.25) is 0 Å². The molecule has 0 rings (SSSR count). The highest BCUT2D eigenvalue weighted by Crippen LogP contribution is 2.15. The molecule has 2 atom stereocenters. The summed E-state index contributed by atoms with van der Waals surface area (Å²) in [7, 11) is -5.75. The van der Waals surface area contributed by atoms with Crippen LogP contribution in [0.1, 0.15) is 19.8 Å². The molecule has 2 N–H and O–H groups in total. The van der Waals surface area contributed by atoms with Crippen LogP contribution in [0.5, 0.6) is 0 Å². The van der Waals surface area contributed by atoms with Crippen molar-refractivity contribution in [2.24, 2.45) is 0 Å². The Hall–Kier alpha value is 0.260. The number of nitrogens with zero attached hydrogens (tertiary/aromatic N) is 1. The zero-order chi connectivity index (χ0) is 13.1. The SMILES string of the molecule is CCCCN(CCO[PH](=O)O)CCO[PH](=O)O. The molecule has 9 heteroatoms. The van der Waals surface area contributed by atoms with Crippen LogP contribution in [-0.2, 0) is 18.2 Å². The Bertz CT molecular complexity index is 220. The summed E-state index contributed by atoms with van der Waals surface area (Å²) < 4.78 is 29.9. The zero-order valence-electron chi connectivity index (χ0n) is 9.92. The molecule has 2 unspecified atom stereocenters. The highest BCUT2D eigenvalue weighted by molar-refractivity contribution is 7.32. The molecule has 0 aromatic heterocycles. The van der Waals surface area contributed by atoms with Gasteiger partial charge in [-0.25, -0.2) is 0 Å². The lowest BCUT2D eigenvalue weighted by Gasteiger charge is -2.21. The van der Waals surface area contributed by atoms with Crippen molar-refractivity contribution in [2.75, 3.05) is 32.8 Å². The number of hydrogen-bond donors (Lipinski definition) is 2. The van der Waals surface area contributed by atoms with Crippen LogP contribution in [-0.4, -0.2) is 47.5 Å². The Morgan fingerprint density at radius 1 is 1.00 bits per heavy atom. The minimum absolute atomic E-state index is 0.173. The topological polar surface area (TPSA) is 96.3 Å². The summed E-state index contributed by atoms with van der Waals surface area (Å²) >= 11 is 0. The van der Waals surface area contributed by atoms with Gasteiger partial charge in [0.2, 0.25) is 0 Å². The Morgan fingerprint density at radius 2 is 1.47 bits per heavy atom. The third kappa shape index (κ3) is 12.5. The molecule has 0 aliphatic rings. The maximum Gasteiger partial charge on any atom is 0.316 e. The molecule has 0 aromatic carbocycles. The van der Waals surface area contributed by atoms with Crippen LogP contribution in [0.3, 0.4) is 0 Å². The van der Waals surface area contributed by atoms with Gasteiger partial charge in [-0.05, 0) is 13.0 Å². The lowest BCUT2D eigenvalue weighted by molar-refractivity contribution is 0.169. The van der Waals surface area contributed by atoms with E-state index in [1.165, 1.54) is 0 Å². The smallest absolute Gasteiger partial charge is 0.316 e. The highest BCUT2D eigenvalue weighted by Gasteiger charge is 2.05. The standard InChI is InChI=1S/C8H21NO6P2/c1-2-3-4-9(5-7-14-16(10)11)6-8-15-17(12)13/h16-17H,2-8H2,1H3,(H,10,11)(H,12,13). The van der Waals surface area contributed by atoms with E-state index < -0.39 is 16.5 Å². The largest absolute Gasteiger partial charge is 0.326 e. The van der Waals surface area contributed by atoms with Crippen molar-refractivity contribution in [3.63, 3.8) is 0 Å². The minimum atomic E-state index is -2.88. The fraction of sp³-hybridized carbons (Fsp3) is 1.00. The van der Waals surface area contributed by atoms with E-state index in [0.717, 1.165) is 19.4 Å². The van der Waals surface area contributed by atoms with E-state index in [4.69, 9.17) is 9.79 Å². The van der Waals surface area contributed by atoms with Gasteiger partial charge in [-0.1, -0.05) is 13.3 Å². The van der Waals surface area contributed by atoms with Crippen LogP contribution in [0.4, 0.5) is 0 Å². The molecule has 0 radical (unpaired) electrons. The second kappa shape index (κ2) is 11.4. The molecule has 0 amide bonds. The molecule has 0 bridgehead atoms. The zero-order valence-corrected chi connectivity index (χ0v) is 11.9. The lowest BCUT2D eigenvalue weighted by Crippen LogP contribution is -2.31. The van der Waals surface area contributed by atoms with Crippen molar-refractivity contribution in [3.8, 4) is 0 Å². The Kier molecular flexibility index (Phi) is 11.5. The van der Waals surface area contributed by atoms with Gasteiger partial charge in [-0.15, -0.1) is 0 Å². The van der Waals surface area contributed by atoms with Gasteiger partial charge in [0, 0.05) is 13.1 Å². The predicted molar refractivity (Wildman–Crippen MR) is 65.7 cm³/mol. The van der Waals surface area contributed by atoms with Gasteiger partial charge in [-0.3, -0.25) is 14.0 Å². The second-order valence-corrected chi connectivity index (χ2v) is 5.06. The summed E-state index contributed by atoms with van der Waals surface area (Å²) in [6.07, 6.45) is 2.02. The van der Waals surface area contributed by atoms with Crippen molar-refractivity contribution in [2.45, 2.75) is 19.8 Å². The molecule has 0 aromatic rings. The Labute approximate surface area is 103 Å². The van der Waals surface area contributed by atoms with Crippen molar-refractivity contribution < 1.29 is 28.0 Å². The first kappa shape index (κ1) is 17.3. The van der Waals surface area contributed by atoms with E-state index in [2.05, 4.69) is 16.0 Å². The summed E-state index contributed by atoms with van der Waals surface area (Å²) in [5.74, 6) is 0. The average molecular weight is 289 g/mol. The van der Waals surface area contributed by atoms with E-state index in [9.17, 15) is 9.13 Å². The van der Waals surface area contributed by atoms with Crippen LogP contribution in [0.25, 0.3) is 0 Å². The number of rotatable bonds is 11. The Balaban J connectivity index is 3.78. The van der Waals surface area contributed by atoms with Gasteiger partial charge < -0.3 is 18.8 Å². The van der Waals surface area contributed by atoms with Gasteiger partial charge in [0.25, 0.3) is 0 Å². The van der Waals surface area contributed by atoms with E-state index in [1.807, 2.05) is 4.90 Å². The van der Waals surface area contributed by atoms with E-state index >= 15 is 0 Å². The maximum absolute atomic E-state index is 10.3. The molecule has 17 heavy (non-hydrogen) atoms. The Morgan fingerprint density at radius 3 is 1.82 bits per heavy atom. The molecule has 0 saturated heterocycles. The first-order valence-electron chi connectivity index (χ1n) is 5.50. The summed E-state index contributed by atoms with van der Waals surface area (Å²) in [5.41, 5.74) is 0. The molecule has 0 fully saturated rings. The first-order chi connectivity index (χ1) is 8.06. The molecule has 0 spiro atoms. The summed E-state index contributed by atoms with van der Waals surface area (Å²) in [4.78, 5) is 19.0. The number of hydrogen-bond acceptors (Lipinski definition) is 5. The van der Waals surface area contributed by atoms with Crippen LogP contribution in [0.15, 0.2) is 0 Å². The summed E-state index contributed by atoms with van der Waals surface area (Å²) in [6, 6.07) is 0. The fourth-order valence-corrected chi connectivity index (χ4v) is 1.77. The average Bonchev–Trinajstić information content (AvgIpc) is 2.24. The summed E-state index contributed by atoms with van der Waals surface area (Å²) in [6.45, 7) is 4.23. The van der Waals surface area contributed by atoms with E-state index in [1.54, 1.807) is 0 Å². The van der Waals surface area contributed by atoms with Crippen LogP contribution in [0, 0.1) is 0 Å². The van der Waals surface area contributed by atoms with Crippen LogP contribution < -0.4 is 0 Å². The maximum atomic E-state index is 10.3. The van der Waals surface area contributed by atoms with Crippen molar-refractivity contribution >= 4 is 16.5 Å². The second-order valence-electron chi connectivity index (χ2n) is 3.42. The molecule has 0 aliphatic heterocycles. The van der Waals surface area contributed by atoms with Crippen molar-refractivity contribution in [1.82, 2.24) is 4.90 Å². The molecular formula is C8H21NO6P2. The summed E-state index contributed by atoms with van der Waals surface area (Å²) in [5, 5.41) is 0. The molecule has 0 heterocycles. The predicted octanol–water partition coefficient (Wildman–Crippen LogP) is 0.886. The normalized spacial score (nSPS) is 15.1. The van der Waals surface area contributed by atoms with Crippen molar-refractivity contribution in [3.05, 3.63) is 0 Å². The van der Waals surface area contributed by atoms with E-state index in [0.29, 0.717) is 13.1 Å². The molecule has 104 valence electrons. The van der Waals surface area contributed by atoms with Crippen LogP contribution >= 0.6 is 16.5 Å². The molecular weight excluding hydrogens is 268 g/mol. The number of unbranched alkanes of at least 4 members (excludes halogenated alkanes) is 1. The van der Waals surface area contributed by atoms with Gasteiger partial charge in [0.1, 0.15) is 0 Å². The fourth-order valence-electron chi connectivity index (χ4n) is 1.24. The third-order valence-corrected chi connectivity index (χ3v) is 3.00. The van der Waals surface area contributed by atoms with Gasteiger partial charge in [-0.2, -0.15) is 0 Å². The third-order valence-electron chi connectivity index (χ3n) is 2.09. The quantitative estimate of drug-likeness (QED) is 0.545. The monoisotopic (exact) mass is 289 g/mol. The van der Waals surface area contributed by atoms with Gasteiger partial charge in [0.15, 0.2) is 0 Å². The minimum Gasteiger partial charge on any atom is -0.326 e. The highest BCUT2D eigenvalue weighted by atomic mass is 31.1.